The largest absolute Gasteiger partial charge is 0.360 e. The van der Waals surface area contributed by atoms with Crippen molar-refractivity contribution in [3.8, 4) is 0 Å². The molecule has 0 aliphatic heterocycles. The monoisotopic (exact) mass is 125 g/mol. The third-order valence-electron chi connectivity index (χ3n) is 1.37. The number of rotatable bonds is 0. The molecule has 0 amide bonds. The zero-order valence-corrected chi connectivity index (χ0v) is 5.92. The summed E-state index contributed by atoms with van der Waals surface area (Å²) < 4.78 is 0. The molecule has 2 heteroatoms. The van der Waals surface area contributed by atoms with Crippen molar-refractivity contribution in [3.63, 3.8) is 0 Å². The molecule has 0 bridgehead atoms. The molecule has 8 heavy (non-hydrogen) atoms. The highest BCUT2D eigenvalue weighted by Crippen LogP contribution is 2.02. The van der Waals surface area contributed by atoms with Crippen molar-refractivity contribution in [1.29, 1.82) is 0 Å². The lowest BCUT2D eigenvalue weighted by atomic mass is 10.2. The molecule has 42 valence electrons. The smallest absolute Gasteiger partial charge is 0.0519 e. The Morgan fingerprint density at radius 1 is 1.50 bits per heavy atom. The van der Waals surface area contributed by atoms with E-state index in [0.717, 1.165) is 5.44 Å². The predicted molar refractivity (Wildman–Crippen MR) is 36.8 cm³/mol. The van der Waals surface area contributed by atoms with Crippen molar-refractivity contribution < 1.29 is 0 Å². The van der Waals surface area contributed by atoms with Gasteiger partial charge in [-0.1, -0.05) is 0 Å². The molecule has 1 N–H and O–H groups in total. The minimum atomic E-state index is 0.975. The van der Waals surface area contributed by atoms with Gasteiger partial charge < -0.3 is 4.98 Å². The number of nitrogens with one attached hydrogen (secondary N) is 1. The maximum absolute atomic E-state index is 4.16. The lowest BCUT2D eigenvalue weighted by Gasteiger charge is -1.85. The number of aryl methyl sites for hydroxylation is 1. The average molecular weight is 125 g/mol. The van der Waals surface area contributed by atoms with Crippen molar-refractivity contribution in [2.24, 2.45) is 0 Å². The molecule has 1 nitrogen and oxygen atoms in total. The van der Waals surface area contributed by atoms with Crippen LogP contribution < -0.4 is 5.44 Å². The van der Waals surface area contributed by atoms with E-state index in [-0.39, 0.29) is 0 Å². The molecule has 1 aromatic heterocycles. The van der Waals surface area contributed by atoms with E-state index in [9.17, 15) is 0 Å². The van der Waals surface area contributed by atoms with Gasteiger partial charge in [-0.15, -0.1) is 0 Å². The van der Waals surface area contributed by atoms with Crippen LogP contribution in [0.4, 0.5) is 0 Å². The first-order valence-corrected chi connectivity index (χ1v) is 3.00. The Balaban J connectivity index is 3.19. The van der Waals surface area contributed by atoms with Crippen LogP contribution in [0.25, 0.3) is 0 Å². The highest BCUT2D eigenvalue weighted by Gasteiger charge is 1.95. The number of H-pyrrole nitrogens is 1. The SMILES string of the molecule is Cc1c[nH]c([P])c1C. The van der Waals surface area contributed by atoms with E-state index in [2.05, 4.69) is 21.1 Å². The van der Waals surface area contributed by atoms with Gasteiger partial charge in [-0.25, -0.2) is 0 Å². The van der Waals surface area contributed by atoms with E-state index in [1.807, 2.05) is 13.1 Å². The first-order valence-electron chi connectivity index (χ1n) is 2.55. The average Bonchev–Trinajstić information content (AvgIpc) is 1.98. The second kappa shape index (κ2) is 1.91. The van der Waals surface area contributed by atoms with Gasteiger partial charge in [0.15, 0.2) is 0 Å². The van der Waals surface area contributed by atoms with Gasteiger partial charge in [0.05, 0.1) is 5.44 Å². The summed E-state index contributed by atoms with van der Waals surface area (Å²) in [5.74, 6) is 0. The molecule has 0 aliphatic rings. The zero-order valence-electron chi connectivity index (χ0n) is 5.02. The third kappa shape index (κ3) is 0.784. The van der Waals surface area contributed by atoms with Gasteiger partial charge in [-0.3, -0.25) is 0 Å². The zero-order chi connectivity index (χ0) is 6.15. The fourth-order valence-corrected chi connectivity index (χ4v) is 0.821. The highest BCUT2D eigenvalue weighted by atomic mass is 31.0. The minimum Gasteiger partial charge on any atom is -0.360 e. The molecule has 0 spiro atoms. The fourth-order valence-electron chi connectivity index (χ4n) is 0.580. The van der Waals surface area contributed by atoms with Gasteiger partial charge in [0.2, 0.25) is 0 Å². The second-order valence-electron chi connectivity index (χ2n) is 1.95. The first-order chi connectivity index (χ1) is 3.72. The minimum absolute atomic E-state index is 0.975. The first kappa shape index (κ1) is 5.84. The van der Waals surface area contributed by atoms with Gasteiger partial charge in [0.25, 0.3) is 0 Å². The van der Waals surface area contributed by atoms with Gasteiger partial charge >= 0.3 is 0 Å². The van der Waals surface area contributed by atoms with Crippen LogP contribution in [0, 0.1) is 13.8 Å². The molecule has 0 unspecified atom stereocenters. The van der Waals surface area contributed by atoms with Crippen LogP contribution in [0.3, 0.4) is 0 Å². The van der Waals surface area contributed by atoms with Crippen LogP contribution in [0.2, 0.25) is 0 Å². The molecule has 0 saturated heterocycles. The van der Waals surface area contributed by atoms with E-state index < -0.39 is 0 Å². The lowest BCUT2D eigenvalue weighted by molar-refractivity contribution is 1.40. The Labute approximate surface area is 51.7 Å². The van der Waals surface area contributed by atoms with Crippen molar-refractivity contribution in [2.75, 3.05) is 0 Å². The number of aromatic amines is 1. The van der Waals surface area contributed by atoms with Crippen molar-refractivity contribution >= 4 is 14.7 Å². The molecule has 0 saturated carbocycles. The third-order valence-corrected chi connectivity index (χ3v) is 1.84. The van der Waals surface area contributed by atoms with E-state index in [1.54, 1.807) is 0 Å². The van der Waals surface area contributed by atoms with Crippen LogP contribution in [0.5, 0.6) is 0 Å². The predicted octanol–water partition coefficient (Wildman–Crippen LogP) is 1.67. The molecule has 0 fully saturated rings. The molecule has 1 aromatic rings. The summed E-state index contributed by atoms with van der Waals surface area (Å²) >= 11 is 0. The summed E-state index contributed by atoms with van der Waals surface area (Å²) in [6, 6.07) is 0. The quantitative estimate of drug-likeness (QED) is 0.507. The molecule has 0 atom stereocenters. The van der Waals surface area contributed by atoms with Gasteiger partial charge in [-0.05, 0) is 25.0 Å². The molecular weight excluding hydrogens is 117 g/mol. The van der Waals surface area contributed by atoms with Crippen LogP contribution in [-0.2, 0) is 0 Å². The Morgan fingerprint density at radius 2 is 2.12 bits per heavy atom. The summed E-state index contributed by atoms with van der Waals surface area (Å²) in [4.78, 5) is 3.00. The standard InChI is InChI=1S/C6H8NP/c1-4-3-7-6(8)5(4)2/h3,7H,1-2H3. The summed E-state index contributed by atoms with van der Waals surface area (Å²) in [6.45, 7) is 4.11. The Kier molecular flexibility index (Phi) is 1.39. The van der Waals surface area contributed by atoms with E-state index >= 15 is 0 Å². The molecule has 0 aromatic carbocycles. The topological polar surface area (TPSA) is 15.8 Å². The molecule has 1 heterocycles. The Hall–Kier alpha value is -0.290. The summed E-state index contributed by atoms with van der Waals surface area (Å²) in [6.07, 6.45) is 1.96. The summed E-state index contributed by atoms with van der Waals surface area (Å²) in [7, 11) is 4.16. The maximum atomic E-state index is 4.16. The van der Waals surface area contributed by atoms with Gasteiger partial charge in [-0.2, -0.15) is 0 Å². The van der Waals surface area contributed by atoms with Gasteiger partial charge in [0, 0.05) is 15.4 Å². The fraction of sp³-hybridized carbons (Fsp3) is 0.333. The molecule has 1 rings (SSSR count). The maximum Gasteiger partial charge on any atom is 0.0519 e. The van der Waals surface area contributed by atoms with E-state index in [1.165, 1.54) is 11.1 Å². The van der Waals surface area contributed by atoms with Crippen molar-refractivity contribution in [1.82, 2.24) is 4.98 Å². The van der Waals surface area contributed by atoms with Crippen LogP contribution in [0.15, 0.2) is 6.20 Å². The Bertz CT molecular complexity index is 171. The Morgan fingerprint density at radius 3 is 2.25 bits per heavy atom. The highest BCUT2D eigenvalue weighted by molar-refractivity contribution is 7.27. The van der Waals surface area contributed by atoms with E-state index in [0.29, 0.717) is 0 Å². The van der Waals surface area contributed by atoms with Crippen LogP contribution in [0.1, 0.15) is 11.1 Å². The van der Waals surface area contributed by atoms with Crippen LogP contribution in [-0.4, -0.2) is 4.98 Å². The molecule has 2 radical (unpaired) electrons. The second-order valence-corrected chi connectivity index (χ2v) is 2.39. The number of hydrogen-bond donors (Lipinski definition) is 1. The molecular formula is C6H8NP. The lowest BCUT2D eigenvalue weighted by Crippen LogP contribution is -1.92. The number of hydrogen-bond acceptors (Lipinski definition) is 0. The molecule has 0 aliphatic carbocycles. The van der Waals surface area contributed by atoms with E-state index in [4.69, 9.17) is 0 Å². The van der Waals surface area contributed by atoms with Crippen LogP contribution >= 0.6 is 9.24 Å². The van der Waals surface area contributed by atoms with Gasteiger partial charge in [0.1, 0.15) is 0 Å². The summed E-state index contributed by atoms with van der Waals surface area (Å²) in [5, 5.41) is 0. The van der Waals surface area contributed by atoms with Crippen molar-refractivity contribution in [3.05, 3.63) is 17.3 Å². The summed E-state index contributed by atoms with van der Waals surface area (Å²) in [5.41, 5.74) is 3.49. The normalized spacial score (nSPS) is 9.88. The van der Waals surface area contributed by atoms with Crippen molar-refractivity contribution in [2.45, 2.75) is 13.8 Å². The number of aromatic nitrogens is 1.